The first-order valence-electron chi connectivity index (χ1n) is 10.8. The predicted molar refractivity (Wildman–Crippen MR) is 133 cm³/mol. The van der Waals surface area contributed by atoms with E-state index < -0.39 is 11.7 Å². The van der Waals surface area contributed by atoms with Gasteiger partial charge in [0.05, 0.1) is 27.7 Å². The number of nitrogens with two attached hydrogens (primary N) is 1. The van der Waals surface area contributed by atoms with Crippen molar-refractivity contribution in [3.8, 4) is 22.9 Å². The molecule has 0 saturated heterocycles. The molecule has 0 aliphatic heterocycles. The second-order valence-electron chi connectivity index (χ2n) is 7.87. The molecule has 5 rings (SSSR count). The predicted octanol–water partition coefficient (Wildman–Crippen LogP) is 6.71. The lowest BCUT2D eigenvalue weighted by Gasteiger charge is -2.15. The maximum Gasteiger partial charge on any atom is 0.416 e. The van der Waals surface area contributed by atoms with Gasteiger partial charge in [0.2, 0.25) is 11.8 Å². The van der Waals surface area contributed by atoms with E-state index in [-0.39, 0.29) is 17.9 Å². The van der Waals surface area contributed by atoms with Crippen molar-refractivity contribution in [1.29, 1.82) is 0 Å². The summed E-state index contributed by atoms with van der Waals surface area (Å²) in [5, 5.41) is 3.60. The maximum atomic E-state index is 13.1. The molecule has 2 aromatic carbocycles. The van der Waals surface area contributed by atoms with Crippen LogP contribution in [0, 0.1) is 0 Å². The van der Waals surface area contributed by atoms with Gasteiger partial charge in [0.25, 0.3) is 0 Å². The third-order valence-corrected chi connectivity index (χ3v) is 6.15. The summed E-state index contributed by atoms with van der Waals surface area (Å²) in [6.45, 7) is 1.90. The molecule has 182 valence electrons. The zero-order valence-corrected chi connectivity index (χ0v) is 19.6. The van der Waals surface area contributed by atoms with Gasteiger partial charge in [-0.15, -0.1) is 0 Å². The zero-order valence-electron chi connectivity index (χ0n) is 18.8. The number of fused-ring (bicyclic) bond motifs is 1. The van der Waals surface area contributed by atoms with Gasteiger partial charge in [0, 0.05) is 17.8 Å². The molecular formula is C25H19F3N6OS. The number of aromatic nitrogens is 4. The van der Waals surface area contributed by atoms with Crippen LogP contribution in [0.25, 0.3) is 21.5 Å². The number of thiazole rings is 1. The summed E-state index contributed by atoms with van der Waals surface area (Å²) in [6, 6.07) is 17.1. The quantitative estimate of drug-likeness (QED) is 0.263. The fourth-order valence-corrected chi connectivity index (χ4v) is 4.31. The van der Waals surface area contributed by atoms with Gasteiger partial charge >= 0.3 is 6.18 Å². The van der Waals surface area contributed by atoms with Crippen molar-refractivity contribution in [3.05, 3.63) is 84.2 Å². The molecule has 0 radical (unpaired) electrons. The lowest BCUT2D eigenvalue weighted by molar-refractivity contribution is -0.137. The monoisotopic (exact) mass is 508 g/mol. The summed E-state index contributed by atoms with van der Waals surface area (Å²) < 4.78 is 46.1. The van der Waals surface area contributed by atoms with Gasteiger partial charge in [0.1, 0.15) is 5.52 Å². The summed E-state index contributed by atoms with van der Waals surface area (Å²) in [6.07, 6.45) is -2.75. The lowest BCUT2D eigenvalue weighted by atomic mass is 10.1. The average Bonchev–Trinajstić information content (AvgIpc) is 3.25. The van der Waals surface area contributed by atoms with Crippen molar-refractivity contribution in [1.82, 2.24) is 19.9 Å². The highest BCUT2D eigenvalue weighted by Crippen LogP contribution is 2.35. The van der Waals surface area contributed by atoms with E-state index >= 15 is 0 Å². The highest BCUT2D eigenvalue weighted by molar-refractivity contribution is 7.22. The summed E-state index contributed by atoms with van der Waals surface area (Å²) >= 11 is 1.33. The average molecular weight is 509 g/mol. The van der Waals surface area contributed by atoms with Gasteiger partial charge in [-0.25, -0.2) is 9.97 Å². The second-order valence-corrected chi connectivity index (χ2v) is 8.93. The molecule has 5 aromatic rings. The molecule has 3 N–H and O–H groups in total. The Labute approximate surface area is 207 Å². The molecule has 36 heavy (non-hydrogen) atoms. The van der Waals surface area contributed by atoms with Crippen molar-refractivity contribution in [2.24, 2.45) is 0 Å². The van der Waals surface area contributed by atoms with Gasteiger partial charge < -0.3 is 15.8 Å². The number of anilines is 2. The Morgan fingerprint density at radius 2 is 1.78 bits per heavy atom. The molecule has 0 spiro atoms. The number of ether oxygens (including phenoxy) is 1. The van der Waals surface area contributed by atoms with E-state index in [4.69, 9.17) is 10.5 Å². The first-order valence-corrected chi connectivity index (χ1v) is 11.6. The minimum atomic E-state index is -4.43. The molecule has 3 heterocycles. The number of hydrogen-bond acceptors (Lipinski definition) is 8. The number of pyridine rings is 1. The zero-order chi connectivity index (χ0) is 25.3. The molecule has 0 saturated carbocycles. The number of benzene rings is 2. The first kappa shape index (κ1) is 23.5. The summed E-state index contributed by atoms with van der Waals surface area (Å²) in [5.74, 6) is 0.862. The van der Waals surface area contributed by atoms with Crippen LogP contribution in [0.3, 0.4) is 0 Å². The maximum absolute atomic E-state index is 13.1. The largest absolute Gasteiger partial charge is 0.437 e. The van der Waals surface area contributed by atoms with Crippen LogP contribution in [-0.2, 0) is 6.18 Å². The lowest BCUT2D eigenvalue weighted by Crippen LogP contribution is -2.11. The number of para-hydroxylation sites is 1. The Bertz CT molecular complexity index is 1510. The van der Waals surface area contributed by atoms with Crippen LogP contribution in [0.1, 0.15) is 24.2 Å². The van der Waals surface area contributed by atoms with Crippen LogP contribution in [0.4, 0.5) is 24.3 Å². The Kier molecular flexibility index (Phi) is 6.15. The third-order valence-electron chi connectivity index (χ3n) is 5.30. The van der Waals surface area contributed by atoms with Gasteiger partial charge in [-0.2, -0.15) is 18.2 Å². The van der Waals surface area contributed by atoms with Crippen LogP contribution in [0.15, 0.2) is 72.9 Å². The third kappa shape index (κ3) is 5.05. The molecule has 3 aromatic heterocycles. The SMILES string of the molecule is C[C@@H](Nc1nc(Oc2cccc3sc(N)nc23)cc(-c2ccc(C(F)(F)F)cc2)n1)c1ccccn1. The molecule has 11 heteroatoms. The summed E-state index contributed by atoms with van der Waals surface area (Å²) in [4.78, 5) is 17.7. The van der Waals surface area contributed by atoms with E-state index in [0.717, 1.165) is 22.5 Å². The van der Waals surface area contributed by atoms with E-state index in [9.17, 15) is 13.2 Å². The van der Waals surface area contributed by atoms with Crippen LogP contribution in [0.5, 0.6) is 11.6 Å². The Hall–Kier alpha value is -4.25. The minimum absolute atomic E-state index is 0.190. The van der Waals surface area contributed by atoms with Gasteiger partial charge in [0.15, 0.2) is 10.9 Å². The molecule has 0 bridgehead atoms. The van der Waals surface area contributed by atoms with E-state index in [2.05, 4.69) is 25.3 Å². The van der Waals surface area contributed by atoms with E-state index in [1.165, 1.54) is 23.5 Å². The molecule has 0 amide bonds. The topological polar surface area (TPSA) is 98.8 Å². The van der Waals surface area contributed by atoms with Crippen molar-refractivity contribution < 1.29 is 17.9 Å². The van der Waals surface area contributed by atoms with E-state index in [1.54, 1.807) is 18.3 Å². The van der Waals surface area contributed by atoms with Crippen LogP contribution >= 0.6 is 11.3 Å². The fraction of sp³-hybridized carbons (Fsp3) is 0.120. The van der Waals surface area contributed by atoms with E-state index in [1.807, 2.05) is 37.3 Å². The summed E-state index contributed by atoms with van der Waals surface area (Å²) in [7, 11) is 0. The molecule has 0 aliphatic rings. The van der Waals surface area contributed by atoms with Gasteiger partial charge in [-0.1, -0.05) is 35.6 Å². The minimum Gasteiger partial charge on any atom is -0.437 e. The second kappa shape index (κ2) is 9.42. The molecule has 7 nitrogen and oxygen atoms in total. The summed E-state index contributed by atoms with van der Waals surface area (Å²) in [5.41, 5.74) is 7.33. The number of alkyl halides is 3. The van der Waals surface area contributed by atoms with Gasteiger partial charge in [-0.05, 0) is 43.3 Å². The Morgan fingerprint density at radius 3 is 2.50 bits per heavy atom. The van der Waals surface area contributed by atoms with Crippen LogP contribution in [0.2, 0.25) is 0 Å². The normalized spacial score (nSPS) is 12.4. The number of halogens is 3. The number of nitrogen functional groups attached to an aromatic ring is 1. The molecule has 1 atom stereocenters. The fourth-order valence-electron chi connectivity index (χ4n) is 3.55. The molecular weight excluding hydrogens is 489 g/mol. The number of hydrogen-bond donors (Lipinski definition) is 2. The highest BCUT2D eigenvalue weighted by atomic mass is 32.1. The van der Waals surface area contributed by atoms with Crippen molar-refractivity contribution in [2.75, 3.05) is 11.1 Å². The Balaban J connectivity index is 1.53. The van der Waals surface area contributed by atoms with Crippen LogP contribution < -0.4 is 15.8 Å². The molecule has 0 unspecified atom stereocenters. The molecule has 0 aliphatic carbocycles. The van der Waals surface area contributed by atoms with Crippen LogP contribution in [-0.4, -0.2) is 19.9 Å². The molecule has 0 fully saturated rings. The number of nitrogens with zero attached hydrogens (tertiary/aromatic N) is 4. The van der Waals surface area contributed by atoms with Gasteiger partial charge in [-0.3, -0.25) is 4.98 Å². The van der Waals surface area contributed by atoms with Crippen molar-refractivity contribution in [3.63, 3.8) is 0 Å². The van der Waals surface area contributed by atoms with Crippen molar-refractivity contribution in [2.45, 2.75) is 19.1 Å². The highest BCUT2D eigenvalue weighted by Gasteiger charge is 2.30. The Morgan fingerprint density at radius 1 is 0.972 bits per heavy atom. The number of nitrogens with one attached hydrogen (secondary N) is 1. The van der Waals surface area contributed by atoms with Crippen molar-refractivity contribution >= 4 is 32.6 Å². The standard InChI is InChI=1S/C25H19F3N6OS/c1-14(17-5-2-3-12-30-17)31-24-32-18(15-8-10-16(11-9-15)25(26,27)28)13-21(33-24)35-19-6-4-7-20-22(19)34-23(29)36-20/h2-14H,1H3,(H2,29,34)(H,31,32,33)/t14-/m1/s1. The first-order chi connectivity index (χ1) is 17.3. The number of rotatable bonds is 6. The van der Waals surface area contributed by atoms with E-state index in [0.29, 0.717) is 27.7 Å². The smallest absolute Gasteiger partial charge is 0.416 e.